The van der Waals surface area contributed by atoms with Crippen LogP contribution in [-0.2, 0) is 9.53 Å². The molecule has 0 spiro atoms. The third-order valence-corrected chi connectivity index (χ3v) is 4.87. The molecule has 0 saturated carbocycles. The molecule has 0 aromatic carbocycles. The molecule has 0 aliphatic rings. The summed E-state index contributed by atoms with van der Waals surface area (Å²) >= 11 is 6.28. The van der Waals surface area contributed by atoms with Crippen LogP contribution in [0.2, 0.25) is 0 Å². The number of carbonyl (C=O) groups is 1. The summed E-state index contributed by atoms with van der Waals surface area (Å²) < 4.78 is 4.62. The monoisotopic (exact) mass is 348 g/mol. The van der Waals surface area contributed by atoms with E-state index in [0.717, 1.165) is 38.5 Å². The molecule has 4 heteroatoms. The Morgan fingerprint density at radius 1 is 0.913 bits per heavy atom. The molecule has 3 nitrogen and oxygen atoms in total. The predicted octanol–water partition coefficient (Wildman–Crippen LogP) is 5.61. The minimum atomic E-state index is -0.341. The van der Waals surface area contributed by atoms with Crippen LogP contribution >= 0.6 is 11.6 Å². The standard InChI is InChI=1S/C19H37ClO3/c1-3-4-5-12-15-18(21)17(20)14-11-9-7-6-8-10-13-16-19(22)23-2/h17-18,21H,3-16H2,1-2H3. The van der Waals surface area contributed by atoms with Gasteiger partial charge in [0.1, 0.15) is 0 Å². The highest BCUT2D eigenvalue weighted by molar-refractivity contribution is 6.21. The molecule has 0 fully saturated rings. The van der Waals surface area contributed by atoms with Crippen molar-refractivity contribution in [1.82, 2.24) is 0 Å². The fourth-order valence-corrected chi connectivity index (χ4v) is 3.03. The SMILES string of the molecule is CCCCCCC(O)C(Cl)CCCCCCCCCC(=O)OC. The second-order valence-corrected chi connectivity index (χ2v) is 7.08. The van der Waals surface area contributed by atoms with Crippen LogP contribution in [-0.4, -0.2) is 29.7 Å². The number of halogens is 1. The van der Waals surface area contributed by atoms with E-state index in [4.69, 9.17) is 11.6 Å². The van der Waals surface area contributed by atoms with Gasteiger partial charge < -0.3 is 9.84 Å². The van der Waals surface area contributed by atoms with Crippen molar-refractivity contribution < 1.29 is 14.6 Å². The van der Waals surface area contributed by atoms with Gasteiger partial charge in [-0.05, 0) is 19.3 Å². The van der Waals surface area contributed by atoms with Crippen molar-refractivity contribution in [2.24, 2.45) is 0 Å². The van der Waals surface area contributed by atoms with Gasteiger partial charge in [-0.2, -0.15) is 0 Å². The van der Waals surface area contributed by atoms with Crippen LogP contribution < -0.4 is 0 Å². The number of aliphatic hydroxyl groups excluding tert-OH is 1. The molecule has 0 aliphatic heterocycles. The molecular weight excluding hydrogens is 312 g/mol. The van der Waals surface area contributed by atoms with E-state index in [1.165, 1.54) is 52.1 Å². The van der Waals surface area contributed by atoms with E-state index in [1.807, 2.05) is 0 Å². The molecule has 0 aromatic heterocycles. The first-order chi connectivity index (χ1) is 11.1. The smallest absolute Gasteiger partial charge is 0.305 e. The van der Waals surface area contributed by atoms with Crippen LogP contribution in [0, 0.1) is 0 Å². The first-order valence-electron chi connectivity index (χ1n) is 9.50. The van der Waals surface area contributed by atoms with Gasteiger partial charge in [-0.3, -0.25) is 4.79 Å². The zero-order valence-corrected chi connectivity index (χ0v) is 16.0. The maximum atomic E-state index is 10.9. The van der Waals surface area contributed by atoms with E-state index in [1.54, 1.807) is 0 Å². The number of hydrogen-bond donors (Lipinski definition) is 1. The average Bonchev–Trinajstić information content (AvgIpc) is 2.56. The molecule has 138 valence electrons. The number of hydrogen-bond acceptors (Lipinski definition) is 3. The maximum absolute atomic E-state index is 10.9. The minimum absolute atomic E-state index is 0.0864. The number of carbonyl (C=O) groups excluding carboxylic acids is 1. The molecular formula is C19H37ClO3. The lowest BCUT2D eigenvalue weighted by molar-refractivity contribution is -0.140. The van der Waals surface area contributed by atoms with Crippen molar-refractivity contribution in [3.8, 4) is 0 Å². The van der Waals surface area contributed by atoms with Crippen LogP contribution in [0.1, 0.15) is 96.8 Å². The van der Waals surface area contributed by atoms with E-state index in [0.29, 0.717) is 6.42 Å². The van der Waals surface area contributed by atoms with E-state index >= 15 is 0 Å². The molecule has 0 radical (unpaired) electrons. The van der Waals surface area contributed by atoms with Crippen molar-refractivity contribution in [2.45, 2.75) is 108 Å². The fraction of sp³-hybridized carbons (Fsp3) is 0.947. The molecule has 2 unspecified atom stereocenters. The Morgan fingerprint density at radius 3 is 2.04 bits per heavy atom. The Hall–Kier alpha value is -0.280. The number of aliphatic hydroxyl groups is 1. The highest BCUT2D eigenvalue weighted by Crippen LogP contribution is 2.18. The number of methoxy groups -OCH3 is 1. The van der Waals surface area contributed by atoms with Gasteiger partial charge in [0.15, 0.2) is 0 Å². The summed E-state index contributed by atoms with van der Waals surface area (Å²) in [5.74, 6) is -0.105. The summed E-state index contributed by atoms with van der Waals surface area (Å²) in [4.78, 5) is 10.9. The van der Waals surface area contributed by atoms with Gasteiger partial charge in [-0.15, -0.1) is 11.6 Å². The first kappa shape index (κ1) is 22.7. The Bertz CT molecular complexity index is 271. The van der Waals surface area contributed by atoms with Crippen molar-refractivity contribution in [1.29, 1.82) is 0 Å². The number of unbranched alkanes of at least 4 members (excludes halogenated alkanes) is 9. The maximum Gasteiger partial charge on any atom is 0.305 e. The zero-order chi connectivity index (χ0) is 17.3. The number of esters is 1. The zero-order valence-electron chi connectivity index (χ0n) is 15.2. The molecule has 0 bridgehead atoms. The lowest BCUT2D eigenvalue weighted by atomic mass is 10.0. The summed E-state index contributed by atoms with van der Waals surface area (Å²) in [6, 6.07) is 0. The van der Waals surface area contributed by atoms with Gasteiger partial charge in [0.25, 0.3) is 0 Å². The second kappa shape index (κ2) is 16.6. The first-order valence-corrected chi connectivity index (χ1v) is 9.94. The third kappa shape index (κ3) is 15.0. The largest absolute Gasteiger partial charge is 0.469 e. The number of rotatable bonds is 16. The fourth-order valence-electron chi connectivity index (χ4n) is 2.75. The van der Waals surface area contributed by atoms with Gasteiger partial charge >= 0.3 is 5.97 Å². The lowest BCUT2D eigenvalue weighted by Gasteiger charge is -2.16. The highest BCUT2D eigenvalue weighted by Gasteiger charge is 2.15. The van der Waals surface area contributed by atoms with Gasteiger partial charge in [0, 0.05) is 6.42 Å². The summed E-state index contributed by atoms with van der Waals surface area (Å²) in [6.45, 7) is 2.19. The van der Waals surface area contributed by atoms with Gasteiger partial charge in [-0.25, -0.2) is 0 Å². The van der Waals surface area contributed by atoms with Crippen LogP contribution in [0.4, 0.5) is 0 Å². The molecule has 2 atom stereocenters. The van der Waals surface area contributed by atoms with Crippen LogP contribution in [0.5, 0.6) is 0 Å². The molecule has 0 aromatic rings. The lowest BCUT2D eigenvalue weighted by Crippen LogP contribution is -2.20. The number of ether oxygens (including phenoxy) is 1. The topological polar surface area (TPSA) is 46.5 Å². The summed E-state index contributed by atoms with van der Waals surface area (Å²) in [7, 11) is 1.44. The van der Waals surface area contributed by atoms with Crippen molar-refractivity contribution in [3.05, 3.63) is 0 Å². The summed E-state index contributed by atoms with van der Waals surface area (Å²) in [5.41, 5.74) is 0. The second-order valence-electron chi connectivity index (χ2n) is 6.52. The minimum Gasteiger partial charge on any atom is -0.469 e. The summed E-state index contributed by atoms with van der Waals surface area (Å²) in [5, 5.41) is 9.93. The molecule has 0 heterocycles. The Balaban J connectivity index is 3.34. The van der Waals surface area contributed by atoms with Crippen LogP contribution in [0.15, 0.2) is 0 Å². The Labute approximate surface area is 148 Å². The van der Waals surface area contributed by atoms with Crippen molar-refractivity contribution in [2.75, 3.05) is 7.11 Å². The molecule has 0 amide bonds. The Morgan fingerprint density at radius 2 is 1.43 bits per heavy atom. The van der Waals surface area contributed by atoms with Gasteiger partial charge in [0.05, 0.1) is 18.6 Å². The normalized spacial score (nSPS) is 13.7. The van der Waals surface area contributed by atoms with Gasteiger partial charge in [-0.1, -0.05) is 71.1 Å². The average molecular weight is 349 g/mol. The highest BCUT2D eigenvalue weighted by atomic mass is 35.5. The quantitative estimate of drug-likeness (QED) is 0.224. The van der Waals surface area contributed by atoms with E-state index in [9.17, 15) is 9.90 Å². The number of alkyl halides is 1. The molecule has 0 rings (SSSR count). The molecule has 0 aliphatic carbocycles. The van der Waals surface area contributed by atoms with Gasteiger partial charge in [0.2, 0.25) is 0 Å². The van der Waals surface area contributed by atoms with Crippen LogP contribution in [0.3, 0.4) is 0 Å². The summed E-state index contributed by atoms with van der Waals surface area (Å²) in [6.07, 6.45) is 14.7. The van der Waals surface area contributed by atoms with E-state index < -0.39 is 0 Å². The molecule has 0 saturated heterocycles. The van der Waals surface area contributed by atoms with E-state index in [-0.39, 0.29) is 17.5 Å². The molecule has 23 heavy (non-hydrogen) atoms. The van der Waals surface area contributed by atoms with Crippen molar-refractivity contribution >= 4 is 17.6 Å². The third-order valence-electron chi connectivity index (χ3n) is 4.36. The predicted molar refractivity (Wildman–Crippen MR) is 98.0 cm³/mol. The van der Waals surface area contributed by atoms with Crippen LogP contribution in [0.25, 0.3) is 0 Å². The molecule has 1 N–H and O–H groups in total. The van der Waals surface area contributed by atoms with E-state index in [2.05, 4.69) is 11.7 Å². The van der Waals surface area contributed by atoms with Crippen molar-refractivity contribution in [3.63, 3.8) is 0 Å². The Kier molecular flexibility index (Phi) is 16.4.